The standard InChI is InChI=1S/C22H30N4O2.ClH/c1-15(2)17-5-7-19(8-6-17)26-14-20(27)21(24-26)22(28)25-11-9-18(10-12-25)23-13-16-3-4-16;/h5-8,14-16,18,23,27H,3-4,9-13H2,1-2H3;1H. The lowest BCUT2D eigenvalue weighted by atomic mass is 10.0. The van der Waals surface area contributed by atoms with E-state index in [1.807, 2.05) is 17.0 Å². The first kappa shape index (κ1) is 21.7. The summed E-state index contributed by atoms with van der Waals surface area (Å²) in [6.07, 6.45) is 6.13. The van der Waals surface area contributed by atoms with Gasteiger partial charge in [0.1, 0.15) is 0 Å². The molecule has 0 spiro atoms. The summed E-state index contributed by atoms with van der Waals surface area (Å²) >= 11 is 0. The van der Waals surface area contributed by atoms with Crippen LogP contribution in [-0.4, -0.2) is 51.4 Å². The van der Waals surface area contributed by atoms with E-state index in [2.05, 4.69) is 36.4 Å². The fourth-order valence-corrected chi connectivity index (χ4v) is 3.75. The molecule has 0 bridgehead atoms. The molecule has 4 rings (SSSR count). The molecule has 1 aromatic heterocycles. The molecule has 1 aliphatic carbocycles. The van der Waals surface area contributed by atoms with Gasteiger partial charge in [0.05, 0.1) is 11.9 Å². The number of halogens is 1. The molecule has 2 heterocycles. The van der Waals surface area contributed by atoms with E-state index in [1.165, 1.54) is 24.6 Å². The molecule has 0 radical (unpaired) electrons. The Balaban J connectivity index is 0.00000240. The average Bonchev–Trinajstić information content (AvgIpc) is 3.46. The number of nitrogens with zero attached hydrogens (tertiary/aromatic N) is 3. The zero-order valence-corrected chi connectivity index (χ0v) is 18.0. The van der Waals surface area contributed by atoms with Crippen LogP contribution in [0.5, 0.6) is 5.75 Å². The molecule has 1 saturated carbocycles. The maximum Gasteiger partial charge on any atom is 0.278 e. The van der Waals surface area contributed by atoms with Gasteiger partial charge in [0.25, 0.3) is 5.91 Å². The summed E-state index contributed by atoms with van der Waals surface area (Å²) in [5.41, 5.74) is 2.22. The Bertz CT molecular complexity index is 822. The van der Waals surface area contributed by atoms with E-state index in [-0.39, 0.29) is 29.8 Å². The number of rotatable bonds is 6. The molecule has 2 aliphatic rings. The molecule has 1 aliphatic heterocycles. The fourth-order valence-electron chi connectivity index (χ4n) is 3.75. The van der Waals surface area contributed by atoms with Crippen LogP contribution in [0.2, 0.25) is 0 Å². The van der Waals surface area contributed by atoms with Gasteiger partial charge < -0.3 is 15.3 Å². The summed E-state index contributed by atoms with van der Waals surface area (Å²) in [5.74, 6) is 1.08. The van der Waals surface area contributed by atoms with Crippen LogP contribution < -0.4 is 5.32 Å². The van der Waals surface area contributed by atoms with E-state index in [0.717, 1.165) is 31.0 Å². The number of hydrogen-bond donors (Lipinski definition) is 2. The van der Waals surface area contributed by atoms with Crippen molar-refractivity contribution < 1.29 is 9.90 Å². The van der Waals surface area contributed by atoms with Crippen molar-refractivity contribution in [1.82, 2.24) is 20.0 Å². The van der Waals surface area contributed by atoms with Gasteiger partial charge in [-0.3, -0.25) is 4.79 Å². The number of carbonyl (C=O) groups is 1. The molecule has 6 nitrogen and oxygen atoms in total. The number of nitrogens with one attached hydrogen (secondary N) is 1. The van der Waals surface area contributed by atoms with Crippen LogP contribution in [0.15, 0.2) is 30.5 Å². The molecule has 1 saturated heterocycles. The van der Waals surface area contributed by atoms with Gasteiger partial charge in [-0.15, -0.1) is 12.4 Å². The van der Waals surface area contributed by atoms with Gasteiger partial charge in [0, 0.05) is 19.1 Å². The highest BCUT2D eigenvalue weighted by Crippen LogP contribution is 2.28. The maximum absolute atomic E-state index is 12.9. The minimum atomic E-state index is -0.185. The van der Waals surface area contributed by atoms with E-state index in [4.69, 9.17) is 0 Å². The first-order valence-corrected chi connectivity index (χ1v) is 10.4. The molecular weight excluding hydrogens is 388 g/mol. The zero-order chi connectivity index (χ0) is 19.7. The van der Waals surface area contributed by atoms with Gasteiger partial charge in [0.15, 0.2) is 11.4 Å². The summed E-state index contributed by atoms with van der Waals surface area (Å²) < 4.78 is 1.58. The Morgan fingerprint density at radius 3 is 2.41 bits per heavy atom. The van der Waals surface area contributed by atoms with Gasteiger partial charge >= 0.3 is 0 Å². The smallest absolute Gasteiger partial charge is 0.278 e. The van der Waals surface area contributed by atoms with E-state index in [0.29, 0.717) is 25.0 Å². The number of amides is 1. The predicted molar refractivity (Wildman–Crippen MR) is 116 cm³/mol. The van der Waals surface area contributed by atoms with Crippen LogP contribution in [-0.2, 0) is 0 Å². The van der Waals surface area contributed by atoms with Gasteiger partial charge in [-0.2, -0.15) is 5.10 Å². The van der Waals surface area contributed by atoms with Crippen molar-refractivity contribution in [2.75, 3.05) is 19.6 Å². The SMILES string of the molecule is CC(C)c1ccc(-n2cc(O)c(C(=O)N3CCC(NCC4CC4)CC3)n2)cc1.Cl. The highest BCUT2D eigenvalue weighted by molar-refractivity contribution is 5.94. The lowest BCUT2D eigenvalue weighted by Crippen LogP contribution is -2.45. The molecule has 1 amide bonds. The molecule has 2 fully saturated rings. The molecule has 1 aromatic carbocycles. The van der Waals surface area contributed by atoms with Crippen LogP contribution in [0.4, 0.5) is 0 Å². The summed E-state index contributed by atoms with van der Waals surface area (Å²) in [6.45, 7) is 6.82. The van der Waals surface area contributed by atoms with Crippen LogP contribution in [0.1, 0.15) is 61.5 Å². The molecule has 2 aromatic rings. The monoisotopic (exact) mass is 418 g/mol. The van der Waals surface area contributed by atoms with E-state index in [9.17, 15) is 9.90 Å². The number of piperidine rings is 1. The normalized spacial score (nSPS) is 17.4. The molecule has 158 valence electrons. The van der Waals surface area contributed by atoms with Crippen molar-refractivity contribution in [2.45, 2.75) is 51.5 Å². The number of likely N-dealkylation sites (tertiary alicyclic amines) is 1. The Kier molecular flexibility index (Phi) is 6.85. The fraction of sp³-hybridized carbons (Fsp3) is 0.545. The number of aromatic hydroxyl groups is 1. The van der Waals surface area contributed by atoms with Crippen molar-refractivity contribution in [3.63, 3.8) is 0 Å². The third-order valence-electron chi connectivity index (χ3n) is 5.90. The number of aromatic nitrogens is 2. The Hall–Kier alpha value is -2.05. The van der Waals surface area contributed by atoms with Crippen LogP contribution in [0.25, 0.3) is 5.69 Å². The second-order valence-electron chi connectivity index (χ2n) is 8.47. The zero-order valence-electron chi connectivity index (χ0n) is 17.2. The van der Waals surface area contributed by atoms with Crippen LogP contribution >= 0.6 is 12.4 Å². The number of carbonyl (C=O) groups excluding carboxylic acids is 1. The molecule has 7 heteroatoms. The largest absolute Gasteiger partial charge is 0.504 e. The minimum absolute atomic E-state index is 0. The highest BCUT2D eigenvalue weighted by Gasteiger charge is 2.28. The molecule has 0 unspecified atom stereocenters. The second kappa shape index (κ2) is 9.18. The van der Waals surface area contributed by atoms with Crippen molar-refractivity contribution in [3.8, 4) is 11.4 Å². The predicted octanol–water partition coefficient (Wildman–Crippen LogP) is 3.73. The number of benzene rings is 1. The quantitative estimate of drug-likeness (QED) is 0.749. The van der Waals surface area contributed by atoms with Gasteiger partial charge in [0.2, 0.25) is 0 Å². The third-order valence-corrected chi connectivity index (χ3v) is 5.90. The highest BCUT2D eigenvalue weighted by atomic mass is 35.5. The first-order chi connectivity index (χ1) is 13.5. The van der Waals surface area contributed by atoms with E-state index >= 15 is 0 Å². The summed E-state index contributed by atoms with van der Waals surface area (Å²) in [6, 6.07) is 8.54. The molecule has 0 atom stereocenters. The van der Waals surface area contributed by atoms with Crippen LogP contribution in [0.3, 0.4) is 0 Å². The van der Waals surface area contributed by atoms with Gasteiger partial charge in [-0.1, -0.05) is 26.0 Å². The second-order valence-corrected chi connectivity index (χ2v) is 8.47. The van der Waals surface area contributed by atoms with Gasteiger partial charge in [-0.25, -0.2) is 4.68 Å². The summed E-state index contributed by atoms with van der Waals surface area (Å²) in [5, 5.41) is 18.3. The lowest BCUT2D eigenvalue weighted by Gasteiger charge is -2.32. The van der Waals surface area contributed by atoms with Crippen molar-refractivity contribution in [1.29, 1.82) is 0 Å². The van der Waals surface area contributed by atoms with Gasteiger partial charge in [-0.05, 0) is 61.8 Å². The van der Waals surface area contributed by atoms with Crippen LogP contribution in [0, 0.1) is 5.92 Å². The van der Waals surface area contributed by atoms with Crippen molar-refractivity contribution in [2.24, 2.45) is 5.92 Å². The maximum atomic E-state index is 12.9. The Morgan fingerprint density at radius 2 is 1.83 bits per heavy atom. The first-order valence-electron chi connectivity index (χ1n) is 10.4. The van der Waals surface area contributed by atoms with E-state index in [1.54, 1.807) is 4.68 Å². The average molecular weight is 419 g/mol. The lowest BCUT2D eigenvalue weighted by molar-refractivity contribution is 0.0695. The summed E-state index contributed by atoms with van der Waals surface area (Å²) in [4.78, 5) is 14.7. The number of hydrogen-bond acceptors (Lipinski definition) is 4. The molecule has 29 heavy (non-hydrogen) atoms. The molecular formula is C22H31ClN4O2. The summed E-state index contributed by atoms with van der Waals surface area (Å²) in [7, 11) is 0. The minimum Gasteiger partial charge on any atom is -0.504 e. The van der Waals surface area contributed by atoms with Crippen molar-refractivity contribution >= 4 is 18.3 Å². The Morgan fingerprint density at radius 1 is 1.17 bits per heavy atom. The molecule has 2 N–H and O–H groups in total. The third kappa shape index (κ3) is 5.11. The van der Waals surface area contributed by atoms with E-state index < -0.39 is 0 Å². The Labute approximate surface area is 178 Å². The topological polar surface area (TPSA) is 70.4 Å². The van der Waals surface area contributed by atoms with Crippen molar-refractivity contribution in [3.05, 3.63) is 41.7 Å².